The number of rotatable bonds is 3. The SMILES string of the molecule is Cc1ccc(N(c2ccc(C)cc2)[SiH](C)C)cc1. The first kappa shape index (κ1) is 12.9. The number of anilines is 2. The molecule has 2 rings (SSSR count). The average Bonchev–Trinajstić information content (AvgIpc) is 2.34. The third kappa shape index (κ3) is 2.82. The van der Waals surface area contributed by atoms with Crippen LogP contribution in [0.15, 0.2) is 48.5 Å². The fourth-order valence-corrected chi connectivity index (χ4v) is 3.69. The molecular formula is C16H21NSi. The molecule has 0 unspecified atom stereocenters. The van der Waals surface area contributed by atoms with Gasteiger partial charge in [-0.1, -0.05) is 48.5 Å². The first-order valence-corrected chi connectivity index (χ1v) is 9.33. The third-order valence-electron chi connectivity index (χ3n) is 3.14. The van der Waals surface area contributed by atoms with Gasteiger partial charge in [-0.3, -0.25) is 0 Å². The molecule has 0 saturated heterocycles. The molecule has 0 saturated carbocycles. The Labute approximate surface area is 112 Å². The summed E-state index contributed by atoms with van der Waals surface area (Å²) in [5.41, 5.74) is 5.25. The molecule has 0 spiro atoms. The van der Waals surface area contributed by atoms with Gasteiger partial charge in [0, 0.05) is 11.4 Å². The molecule has 2 aromatic rings. The van der Waals surface area contributed by atoms with Crippen LogP contribution in [0.4, 0.5) is 11.4 Å². The molecule has 0 aliphatic heterocycles. The van der Waals surface area contributed by atoms with Crippen molar-refractivity contribution in [2.45, 2.75) is 26.9 Å². The maximum absolute atomic E-state index is 2.50. The maximum atomic E-state index is 2.50. The van der Waals surface area contributed by atoms with Crippen molar-refractivity contribution in [3.8, 4) is 0 Å². The number of hydrogen-bond acceptors (Lipinski definition) is 1. The van der Waals surface area contributed by atoms with Crippen molar-refractivity contribution in [3.63, 3.8) is 0 Å². The van der Waals surface area contributed by atoms with Crippen molar-refractivity contribution in [2.24, 2.45) is 0 Å². The highest BCUT2D eigenvalue weighted by molar-refractivity contribution is 6.62. The smallest absolute Gasteiger partial charge is 0.140 e. The van der Waals surface area contributed by atoms with E-state index in [0.717, 1.165) is 0 Å². The van der Waals surface area contributed by atoms with Gasteiger partial charge in [-0.2, -0.15) is 0 Å². The maximum Gasteiger partial charge on any atom is 0.140 e. The molecular weight excluding hydrogens is 234 g/mol. The van der Waals surface area contributed by atoms with Crippen LogP contribution >= 0.6 is 0 Å². The average molecular weight is 255 g/mol. The summed E-state index contributed by atoms with van der Waals surface area (Å²) in [7, 11) is -0.937. The van der Waals surface area contributed by atoms with E-state index in [9.17, 15) is 0 Å². The molecule has 0 amide bonds. The molecule has 2 heteroatoms. The Kier molecular flexibility index (Phi) is 3.87. The van der Waals surface area contributed by atoms with Crippen LogP contribution in [0.25, 0.3) is 0 Å². The van der Waals surface area contributed by atoms with E-state index in [-0.39, 0.29) is 0 Å². The Bertz CT molecular complexity index is 454. The molecule has 1 nitrogen and oxygen atoms in total. The summed E-state index contributed by atoms with van der Waals surface area (Å²) >= 11 is 0. The molecule has 0 N–H and O–H groups in total. The quantitative estimate of drug-likeness (QED) is 0.734. The van der Waals surface area contributed by atoms with Crippen LogP contribution in [0.1, 0.15) is 11.1 Å². The van der Waals surface area contributed by atoms with Crippen molar-refractivity contribution in [3.05, 3.63) is 59.7 Å². The number of benzene rings is 2. The Balaban J connectivity index is 2.39. The van der Waals surface area contributed by atoms with Gasteiger partial charge in [0.25, 0.3) is 0 Å². The normalized spacial score (nSPS) is 10.7. The molecule has 0 atom stereocenters. The Morgan fingerprint density at radius 3 is 1.28 bits per heavy atom. The Hall–Kier alpha value is -1.54. The van der Waals surface area contributed by atoms with E-state index in [0.29, 0.717) is 0 Å². The van der Waals surface area contributed by atoms with E-state index < -0.39 is 8.96 Å². The van der Waals surface area contributed by atoms with Gasteiger partial charge in [0.05, 0.1) is 0 Å². The van der Waals surface area contributed by atoms with Gasteiger partial charge in [-0.05, 0) is 38.1 Å². The van der Waals surface area contributed by atoms with E-state index in [1.54, 1.807) is 0 Å². The van der Waals surface area contributed by atoms with Crippen LogP contribution in [0.5, 0.6) is 0 Å². The van der Waals surface area contributed by atoms with E-state index in [4.69, 9.17) is 0 Å². The van der Waals surface area contributed by atoms with Gasteiger partial charge in [-0.25, -0.2) is 0 Å². The zero-order valence-corrected chi connectivity index (χ0v) is 12.8. The Morgan fingerprint density at radius 2 is 1.00 bits per heavy atom. The lowest BCUT2D eigenvalue weighted by molar-refractivity contribution is 1.33. The second-order valence-electron chi connectivity index (χ2n) is 5.13. The topological polar surface area (TPSA) is 3.24 Å². The van der Waals surface area contributed by atoms with Crippen LogP contribution in [0, 0.1) is 13.8 Å². The monoisotopic (exact) mass is 255 g/mol. The van der Waals surface area contributed by atoms with Crippen LogP contribution in [-0.2, 0) is 0 Å². The van der Waals surface area contributed by atoms with Gasteiger partial charge in [0.1, 0.15) is 8.96 Å². The molecule has 18 heavy (non-hydrogen) atoms. The van der Waals surface area contributed by atoms with Crippen LogP contribution in [0.2, 0.25) is 13.1 Å². The second kappa shape index (κ2) is 5.40. The standard InChI is InChI=1S/C16H21NSi/c1-13-5-9-15(10-6-13)17(18(3)4)16-11-7-14(2)8-12-16/h5-12,18H,1-4H3. The molecule has 0 fully saturated rings. The lowest BCUT2D eigenvalue weighted by Crippen LogP contribution is -2.29. The van der Waals surface area contributed by atoms with Crippen molar-refractivity contribution in [1.29, 1.82) is 0 Å². The molecule has 94 valence electrons. The highest BCUT2D eigenvalue weighted by atomic mass is 28.3. The Morgan fingerprint density at radius 1 is 0.667 bits per heavy atom. The van der Waals surface area contributed by atoms with E-state index in [1.807, 2.05) is 0 Å². The molecule has 0 heterocycles. The summed E-state index contributed by atoms with van der Waals surface area (Å²) in [6, 6.07) is 17.6. The first-order valence-electron chi connectivity index (χ1n) is 6.50. The summed E-state index contributed by atoms with van der Waals surface area (Å²) in [4.78, 5) is 0. The van der Waals surface area contributed by atoms with E-state index >= 15 is 0 Å². The number of nitrogens with zero attached hydrogens (tertiary/aromatic N) is 1. The minimum absolute atomic E-state index is 0.937. The minimum Gasteiger partial charge on any atom is -0.372 e. The van der Waals surface area contributed by atoms with Crippen LogP contribution in [-0.4, -0.2) is 8.96 Å². The molecule has 0 aliphatic carbocycles. The third-order valence-corrected chi connectivity index (χ3v) is 4.77. The summed E-state index contributed by atoms with van der Waals surface area (Å²) < 4.78 is 2.50. The molecule has 0 aromatic heterocycles. The highest BCUT2D eigenvalue weighted by Gasteiger charge is 2.13. The molecule has 0 radical (unpaired) electrons. The van der Waals surface area contributed by atoms with Crippen molar-refractivity contribution < 1.29 is 0 Å². The van der Waals surface area contributed by atoms with Crippen LogP contribution < -0.4 is 4.57 Å². The van der Waals surface area contributed by atoms with Gasteiger partial charge >= 0.3 is 0 Å². The zero-order chi connectivity index (χ0) is 13.1. The lowest BCUT2D eigenvalue weighted by atomic mass is 10.2. The number of hydrogen-bond donors (Lipinski definition) is 0. The van der Waals surface area contributed by atoms with Crippen molar-refractivity contribution >= 4 is 20.3 Å². The predicted molar refractivity (Wildman–Crippen MR) is 83.4 cm³/mol. The molecule has 0 bridgehead atoms. The summed E-state index contributed by atoms with van der Waals surface area (Å²) in [5, 5.41) is 0. The molecule has 0 aliphatic rings. The van der Waals surface area contributed by atoms with Gasteiger partial charge in [0.2, 0.25) is 0 Å². The fraction of sp³-hybridized carbons (Fsp3) is 0.250. The summed E-state index contributed by atoms with van der Waals surface area (Å²) in [5.74, 6) is 0. The summed E-state index contributed by atoms with van der Waals surface area (Å²) in [6.07, 6.45) is 0. The second-order valence-corrected chi connectivity index (χ2v) is 7.84. The van der Waals surface area contributed by atoms with Crippen molar-refractivity contribution in [2.75, 3.05) is 4.57 Å². The predicted octanol–water partition coefficient (Wildman–Crippen LogP) is 4.42. The van der Waals surface area contributed by atoms with Crippen LogP contribution in [0.3, 0.4) is 0 Å². The first-order chi connectivity index (χ1) is 8.58. The van der Waals surface area contributed by atoms with Gasteiger partial charge in [-0.15, -0.1) is 0 Å². The largest absolute Gasteiger partial charge is 0.372 e. The van der Waals surface area contributed by atoms with Gasteiger partial charge in [0.15, 0.2) is 0 Å². The molecule has 2 aromatic carbocycles. The summed E-state index contributed by atoms with van der Waals surface area (Å²) in [6.45, 7) is 8.99. The van der Waals surface area contributed by atoms with E-state index in [2.05, 4.69) is 80.0 Å². The highest BCUT2D eigenvalue weighted by Crippen LogP contribution is 2.27. The van der Waals surface area contributed by atoms with Gasteiger partial charge < -0.3 is 4.57 Å². The minimum atomic E-state index is -0.937. The number of aryl methyl sites for hydroxylation is 2. The zero-order valence-electron chi connectivity index (χ0n) is 11.6. The lowest BCUT2D eigenvalue weighted by Gasteiger charge is -2.29. The fourth-order valence-electron chi connectivity index (χ4n) is 2.16. The van der Waals surface area contributed by atoms with E-state index in [1.165, 1.54) is 22.5 Å². The van der Waals surface area contributed by atoms with Crippen molar-refractivity contribution in [1.82, 2.24) is 0 Å².